The number of carbonyl (C=O) groups excluding carboxylic acids is 1. The summed E-state index contributed by atoms with van der Waals surface area (Å²) in [6, 6.07) is 10.5. The molecule has 0 aliphatic carbocycles. The Morgan fingerprint density at radius 3 is 1.90 bits per heavy atom. The van der Waals surface area contributed by atoms with Gasteiger partial charge in [-0.2, -0.15) is 40.0 Å². The number of benzene rings is 2. The number of anilines is 2. The van der Waals surface area contributed by atoms with Crippen molar-refractivity contribution in [3.63, 3.8) is 0 Å². The van der Waals surface area contributed by atoms with Gasteiger partial charge in [-0.1, -0.05) is 0 Å². The minimum absolute atomic E-state index is 0.0134. The largest absolute Gasteiger partial charge is 0.478 e. The molecule has 0 fully saturated rings. The zero-order chi connectivity index (χ0) is 43.7. The first-order chi connectivity index (χ1) is 29.2. The lowest BCUT2D eigenvalue weighted by atomic mass is 10.1. The number of carboxylic acid groups (broad SMARTS) is 3. The minimum Gasteiger partial charge on any atom is -0.478 e. The standard InChI is InChI=1S/C36H24N18O7/c1-16-27(45-47-31-22(12-37)13-42-51(31)23-7-18(15-55)6-19(9-23)33(56)57)29(38)53(49-16)26-4-5-41-36(44-26)54-30(39)28(17(2)50-54)46-48-32-25(40-3)14-43-52(32)24-10-20(34(58)59)8-21(11-24)35(60)61/h4-11,13-15H,38-39H2,1-2H3,(H,56,57)(H,58,59)(H,60,61)/b47-45+,48-46+. The summed E-state index contributed by atoms with van der Waals surface area (Å²) in [7, 11) is 0. The van der Waals surface area contributed by atoms with Gasteiger partial charge >= 0.3 is 17.9 Å². The molecule has 7 aromatic rings. The number of hydrogen-bond donors (Lipinski definition) is 5. The minimum atomic E-state index is -1.39. The molecular formula is C36H24N18O7. The number of aromatic carboxylic acids is 3. The van der Waals surface area contributed by atoms with E-state index >= 15 is 0 Å². The molecule has 0 amide bonds. The number of aryl methyl sites for hydroxylation is 2. The summed E-state index contributed by atoms with van der Waals surface area (Å²) in [6.45, 7) is 10.7. The third kappa shape index (κ3) is 7.33. The predicted octanol–water partition coefficient (Wildman–Crippen LogP) is 5.16. The number of carbonyl (C=O) groups is 4. The summed E-state index contributed by atoms with van der Waals surface area (Å²) in [4.78, 5) is 58.8. The summed E-state index contributed by atoms with van der Waals surface area (Å²) in [5, 5.41) is 72.3. The van der Waals surface area contributed by atoms with Gasteiger partial charge in [-0.25, -0.2) is 33.6 Å². The Morgan fingerprint density at radius 2 is 1.31 bits per heavy atom. The lowest BCUT2D eigenvalue weighted by Gasteiger charge is -2.08. The highest BCUT2D eigenvalue weighted by atomic mass is 16.4. The molecule has 0 aliphatic rings. The number of nitrogens with two attached hydrogens (primary N) is 2. The fraction of sp³-hybridized carbons (Fsp3) is 0.0556. The molecule has 61 heavy (non-hydrogen) atoms. The molecule has 0 aliphatic heterocycles. The zero-order valence-corrected chi connectivity index (χ0v) is 31.1. The van der Waals surface area contributed by atoms with Gasteiger partial charge in [0.1, 0.15) is 17.9 Å². The van der Waals surface area contributed by atoms with Crippen molar-refractivity contribution in [3.05, 3.63) is 112 Å². The van der Waals surface area contributed by atoms with Crippen LogP contribution in [0.5, 0.6) is 0 Å². The van der Waals surface area contributed by atoms with E-state index in [2.05, 4.69) is 55.7 Å². The number of aldehydes is 1. The van der Waals surface area contributed by atoms with Crippen molar-refractivity contribution in [2.24, 2.45) is 20.5 Å². The van der Waals surface area contributed by atoms with E-state index in [1.54, 1.807) is 13.8 Å². The summed E-state index contributed by atoms with van der Waals surface area (Å²) in [5.41, 5.74) is 12.7. The van der Waals surface area contributed by atoms with Crippen LogP contribution in [-0.4, -0.2) is 88.6 Å². The molecule has 2 aromatic carbocycles. The number of nitriles is 1. The van der Waals surface area contributed by atoms with Crippen LogP contribution in [0.4, 0.5) is 40.3 Å². The van der Waals surface area contributed by atoms with Crippen LogP contribution in [0, 0.1) is 31.8 Å². The molecule has 25 nitrogen and oxygen atoms in total. The highest BCUT2D eigenvalue weighted by Crippen LogP contribution is 2.36. The van der Waals surface area contributed by atoms with Gasteiger partial charge in [-0.05, 0) is 50.2 Å². The van der Waals surface area contributed by atoms with Gasteiger partial charge in [0.15, 0.2) is 40.5 Å². The van der Waals surface area contributed by atoms with Crippen molar-refractivity contribution >= 4 is 64.5 Å². The molecule has 7 N–H and O–H groups in total. The van der Waals surface area contributed by atoms with E-state index < -0.39 is 17.9 Å². The van der Waals surface area contributed by atoms with Crippen LogP contribution in [0.25, 0.3) is 28.0 Å². The SMILES string of the molecule is [C-]#[N+]c1cnn(-c2cc(C(=O)O)cc(C(=O)O)c2)c1/N=N/c1c(C)nn(-c2nccc(-n3nc(C)c(/N=N/c4c(C#N)cnn4-c4cc(C=O)cc(C(=O)O)c4)c3N)n2)c1N. The first-order valence-electron chi connectivity index (χ1n) is 17.0. The van der Waals surface area contributed by atoms with Gasteiger partial charge < -0.3 is 26.8 Å². The molecule has 5 heterocycles. The molecule has 0 unspecified atom stereocenters. The molecule has 25 heteroatoms. The van der Waals surface area contributed by atoms with Gasteiger partial charge in [0.2, 0.25) is 0 Å². The average Bonchev–Trinajstić information content (AvgIpc) is 4.01. The molecule has 0 spiro atoms. The van der Waals surface area contributed by atoms with E-state index in [1.807, 2.05) is 6.07 Å². The van der Waals surface area contributed by atoms with Gasteiger partial charge in [-0.15, -0.1) is 20.5 Å². The molecule has 5 aromatic heterocycles. The highest BCUT2D eigenvalue weighted by Gasteiger charge is 2.22. The Balaban J connectivity index is 1.21. The topological polar surface area (TPSA) is 356 Å². The Hall–Kier alpha value is -9.78. The van der Waals surface area contributed by atoms with Crippen molar-refractivity contribution in [2.75, 3.05) is 11.5 Å². The van der Waals surface area contributed by atoms with E-state index in [0.717, 1.165) is 38.4 Å². The third-order valence-corrected chi connectivity index (χ3v) is 8.58. The fourth-order valence-corrected chi connectivity index (χ4v) is 5.73. The first kappa shape index (κ1) is 39.5. The molecular weight excluding hydrogens is 797 g/mol. The van der Waals surface area contributed by atoms with E-state index in [9.17, 15) is 39.8 Å². The van der Waals surface area contributed by atoms with E-state index in [-0.39, 0.29) is 103 Å². The second-order valence-corrected chi connectivity index (χ2v) is 12.5. The molecule has 0 atom stereocenters. The van der Waals surface area contributed by atoms with E-state index in [1.165, 1.54) is 41.3 Å². The summed E-state index contributed by atoms with van der Waals surface area (Å²) in [6.07, 6.45) is 4.19. The quantitative estimate of drug-likeness (QED) is 0.0603. The summed E-state index contributed by atoms with van der Waals surface area (Å²) >= 11 is 0. The van der Waals surface area contributed by atoms with Crippen LogP contribution < -0.4 is 11.5 Å². The maximum absolute atomic E-state index is 11.7. The maximum atomic E-state index is 11.7. The van der Waals surface area contributed by atoms with Crippen molar-refractivity contribution in [3.8, 4) is 29.2 Å². The van der Waals surface area contributed by atoms with Gasteiger partial charge in [0.25, 0.3) is 11.6 Å². The number of aromatic nitrogens is 10. The lowest BCUT2D eigenvalue weighted by Crippen LogP contribution is -2.10. The van der Waals surface area contributed by atoms with Crippen LogP contribution in [0.15, 0.2) is 81.5 Å². The van der Waals surface area contributed by atoms with Crippen LogP contribution in [0.2, 0.25) is 0 Å². The molecule has 0 radical (unpaired) electrons. The lowest BCUT2D eigenvalue weighted by molar-refractivity contribution is 0.0682. The Labute approximate surface area is 339 Å². The maximum Gasteiger partial charge on any atom is 0.335 e. The Kier molecular flexibility index (Phi) is 10.1. The second kappa shape index (κ2) is 15.6. The predicted molar refractivity (Wildman–Crippen MR) is 207 cm³/mol. The van der Waals surface area contributed by atoms with Crippen molar-refractivity contribution in [2.45, 2.75) is 13.8 Å². The number of carboxylic acids is 3. The van der Waals surface area contributed by atoms with Gasteiger partial charge in [0.05, 0.1) is 58.4 Å². The number of rotatable bonds is 12. The van der Waals surface area contributed by atoms with Crippen LogP contribution in [0.3, 0.4) is 0 Å². The monoisotopic (exact) mass is 820 g/mol. The van der Waals surface area contributed by atoms with Crippen molar-refractivity contribution in [1.29, 1.82) is 5.26 Å². The molecule has 0 saturated heterocycles. The van der Waals surface area contributed by atoms with Crippen LogP contribution >= 0.6 is 0 Å². The van der Waals surface area contributed by atoms with Crippen LogP contribution in [-0.2, 0) is 0 Å². The van der Waals surface area contributed by atoms with Crippen molar-refractivity contribution < 1.29 is 34.5 Å². The third-order valence-electron chi connectivity index (χ3n) is 8.58. The number of hydrogen-bond acceptors (Lipinski definition) is 17. The number of nitrogens with zero attached hydrogens (tertiary/aromatic N) is 16. The number of azo groups is 2. The van der Waals surface area contributed by atoms with Crippen LogP contribution in [0.1, 0.15) is 58.4 Å². The normalized spacial score (nSPS) is 11.2. The molecule has 0 bridgehead atoms. The zero-order valence-electron chi connectivity index (χ0n) is 31.1. The molecule has 0 saturated carbocycles. The Bertz CT molecular complexity index is 3110. The fourth-order valence-electron chi connectivity index (χ4n) is 5.73. The van der Waals surface area contributed by atoms with Crippen molar-refractivity contribution in [1.82, 2.24) is 49.1 Å². The average molecular weight is 821 g/mol. The molecule has 7 rings (SSSR count). The summed E-state index contributed by atoms with van der Waals surface area (Å²) < 4.78 is 4.60. The first-order valence-corrected chi connectivity index (χ1v) is 17.0. The Morgan fingerprint density at radius 1 is 0.770 bits per heavy atom. The summed E-state index contributed by atoms with van der Waals surface area (Å²) in [5.74, 6) is -4.39. The molecule has 300 valence electrons. The smallest absolute Gasteiger partial charge is 0.335 e. The van der Waals surface area contributed by atoms with E-state index in [0.29, 0.717) is 6.29 Å². The van der Waals surface area contributed by atoms with Gasteiger partial charge in [-0.3, -0.25) is 4.79 Å². The highest BCUT2D eigenvalue weighted by molar-refractivity contribution is 5.95. The second-order valence-electron chi connectivity index (χ2n) is 12.5. The number of nitrogen functional groups attached to an aromatic ring is 2. The van der Waals surface area contributed by atoms with Gasteiger partial charge in [0, 0.05) is 17.8 Å². The van der Waals surface area contributed by atoms with E-state index in [4.69, 9.17) is 18.0 Å².